The van der Waals surface area contributed by atoms with E-state index in [2.05, 4.69) is 33.1 Å². The summed E-state index contributed by atoms with van der Waals surface area (Å²) >= 11 is 3.34. The summed E-state index contributed by atoms with van der Waals surface area (Å²) in [5.74, 6) is 1.04. The molecule has 1 aromatic rings. The van der Waals surface area contributed by atoms with Crippen LogP contribution in [0.3, 0.4) is 0 Å². The van der Waals surface area contributed by atoms with Crippen LogP contribution in [0.15, 0.2) is 21.2 Å². The second-order valence-electron chi connectivity index (χ2n) is 4.27. The van der Waals surface area contributed by atoms with Crippen LogP contribution in [0.25, 0.3) is 0 Å². The molecule has 0 radical (unpaired) electrons. The third kappa shape index (κ3) is 3.09. The molecule has 1 fully saturated rings. The van der Waals surface area contributed by atoms with Crippen LogP contribution in [0.4, 0.5) is 0 Å². The van der Waals surface area contributed by atoms with Gasteiger partial charge in [0.05, 0.1) is 6.54 Å². The summed E-state index contributed by atoms with van der Waals surface area (Å²) in [6, 6.07) is 4.66. The summed E-state index contributed by atoms with van der Waals surface area (Å²) in [5, 5.41) is 3.46. The van der Waals surface area contributed by atoms with Crippen molar-refractivity contribution in [3.63, 3.8) is 0 Å². The largest absolute Gasteiger partial charge is 0.453 e. The highest BCUT2D eigenvalue weighted by atomic mass is 79.9. The number of nitrogens with zero attached hydrogens (tertiary/aromatic N) is 1. The second kappa shape index (κ2) is 5.84. The van der Waals surface area contributed by atoms with Crippen molar-refractivity contribution in [2.24, 2.45) is 0 Å². The lowest BCUT2D eigenvalue weighted by atomic mass is 10.1. The van der Waals surface area contributed by atoms with Crippen molar-refractivity contribution < 1.29 is 4.42 Å². The van der Waals surface area contributed by atoms with Gasteiger partial charge in [0.1, 0.15) is 5.76 Å². The van der Waals surface area contributed by atoms with Crippen molar-refractivity contribution in [1.82, 2.24) is 10.2 Å². The van der Waals surface area contributed by atoms with Gasteiger partial charge in [-0.25, -0.2) is 0 Å². The Labute approximate surface area is 105 Å². The van der Waals surface area contributed by atoms with Crippen LogP contribution >= 0.6 is 15.9 Å². The van der Waals surface area contributed by atoms with E-state index in [1.165, 1.54) is 19.4 Å². The minimum Gasteiger partial charge on any atom is -0.453 e. The number of likely N-dealkylation sites (N-methyl/N-ethyl adjacent to an activating group) is 1. The average molecular weight is 287 g/mol. The van der Waals surface area contributed by atoms with Gasteiger partial charge < -0.3 is 9.73 Å². The predicted octanol–water partition coefficient (Wildman–Crippen LogP) is 2.62. The molecule has 1 saturated heterocycles. The van der Waals surface area contributed by atoms with Crippen molar-refractivity contribution in [3.8, 4) is 0 Å². The van der Waals surface area contributed by atoms with Gasteiger partial charge in [-0.3, -0.25) is 4.90 Å². The Morgan fingerprint density at radius 3 is 3.00 bits per heavy atom. The van der Waals surface area contributed by atoms with Crippen LogP contribution in [0, 0.1) is 0 Å². The van der Waals surface area contributed by atoms with Crippen molar-refractivity contribution in [2.45, 2.75) is 32.4 Å². The maximum Gasteiger partial charge on any atom is 0.169 e. The third-order valence-corrected chi connectivity index (χ3v) is 3.61. The molecule has 2 rings (SSSR count). The summed E-state index contributed by atoms with van der Waals surface area (Å²) in [7, 11) is 0. The summed E-state index contributed by atoms with van der Waals surface area (Å²) in [6.07, 6.45) is 2.58. The number of piperidine rings is 1. The van der Waals surface area contributed by atoms with Crippen LogP contribution in [0.2, 0.25) is 0 Å². The highest BCUT2D eigenvalue weighted by molar-refractivity contribution is 9.10. The molecule has 3 nitrogen and oxygen atoms in total. The zero-order valence-electron chi connectivity index (χ0n) is 9.71. The van der Waals surface area contributed by atoms with E-state index in [0.29, 0.717) is 6.04 Å². The maximum atomic E-state index is 5.56. The Bertz CT molecular complexity index is 321. The molecule has 1 unspecified atom stereocenters. The Morgan fingerprint density at radius 1 is 1.56 bits per heavy atom. The monoisotopic (exact) mass is 286 g/mol. The highest BCUT2D eigenvalue weighted by Crippen LogP contribution is 2.18. The maximum absolute atomic E-state index is 5.56. The van der Waals surface area contributed by atoms with Gasteiger partial charge in [0.25, 0.3) is 0 Å². The molecule has 2 heterocycles. The molecule has 0 spiro atoms. The Balaban J connectivity index is 1.94. The van der Waals surface area contributed by atoms with Gasteiger partial charge in [-0.1, -0.05) is 6.92 Å². The van der Waals surface area contributed by atoms with Gasteiger partial charge in [-0.2, -0.15) is 0 Å². The molecule has 0 saturated carbocycles. The van der Waals surface area contributed by atoms with Crippen molar-refractivity contribution >= 4 is 15.9 Å². The molecule has 1 aliphatic rings. The first kappa shape index (κ1) is 12.1. The summed E-state index contributed by atoms with van der Waals surface area (Å²) < 4.78 is 6.38. The van der Waals surface area contributed by atoms with Crippen molar-refractivity contribution in [3.05, 3.63) is 22.6 Å². The fourth-order valence-electron chi connectivity index (χ4n) is 2.28. The lowest BCUT2D eigenvalue weighted by Crippen LogP contribution is -2.45. The van der Waals surface area contributed by atoms with E-state index >= 15 is 0 Å². The van der Waals surface area contributed by atoms with E-state index in [0.717, 1.165) is 30.1 Å². The topological polar surface area (TPSA) is 28.4 Å². The number of nitrogens with one attached hydrogen (secondary N) is 1. The second-order valence-corrected chi connectivity index (χ2v) is 5.05. The summed E-state index contributed by atoms with van der Waals surface area (Å²) in [4.78, 5) is 2.48. The van der Waals surface area contributed by atoms with Crippen LogP contribution in [0.1, 0.15) is 25.5 Å². The van der Waals surface area contributed by atoms with Gasteiger partial charge >= 0.3 is 0 Å². The first-order valence-electron chi connectivity index (χ1n) is 5.98. The minimum atomic E-state index is 0.655. The SMILES string of the molecule is CCN(Cc1ccc(Br)o1)C1CCCNC1. The third-order valence-electron chi connectivity index (χ3n) is 3.18. The standard InChI is InChI=1S/C12H19BrN2O/c1-2-15(10-4-3-7-14-8-10)9-11-5-6-12(13)16-11/h5-6,10,14H,2-4,7-9H2,1H3. The molecule has 90 valence electrons. The normalized spacial score (nSPS) is 21.6. The fourth-order valence-corrected chi connectivity index (χ4v) is 2.62. The van der Waals surface area contributed by atoms with E-state index in [1.807, 2.05) is 12.1 Å². The lowest BCUT2D eigenvalue weighted by molar-refractivity contribution is 0.154. The number of hydrogen-bond acceptors (Lipinski definition) is 3. The zero-order chi connectivity index (χ0) is 11.4. The Morgan fingerprint density at radius 2 is 2.44 bits per heavy atom. The first-order valence-corrected chi connectivity index (χ1v) is 6.78. The molecule has 4 heteroatoms. The van der Waals surface area contributed by atoms with Gasteiger partial charge in [0.2, 0.25) is 0 Å². The van der Waals surface area contributed by atoms with Crippen LogP contribution in [-0.4, -0.2) is 30.6 Å². The number of rotatable bonds is 4. The molecular formula is C12H19BrN2O. The molecule has 0 amide bonds. The quantitative estimate of drug-likeness (QED) is 0.922. The summed E-state index contributed by atoms with van der Waals surface area (Å²) in [6.45, 7) is 6.47. The van der Waals surface area contributed by atoms with E-state index in [4.69, 9.17) is 4.42 Å². The smallest absolute Gasteiger partial charge is 0.169 e. The number of hydrogen-bond donors (Lipinski definition) is 1. The van der Waals surface area contributed by atoms with Crippen molar-refractivity contribution in [2.75, 3.05) is 19.6 Å². The highest BCUT2D eigenvalue weighted by Gasteiger charge is 2.20. The summed E-state index contributed by atoms with van der Waals surface area (Å²) in [5.41, 5.74) is 0. The van der Waals surface area contributed by atoms with Gasteiger partial charge in [-0.15, -0.1) is 0 Å². The Kier molecular flexibility index (Phi) is 4.44. The molecule has 1 aromatic heterocycles. The fraction of sp³-hybridized carbons (Fsp3) is 0.667. The molecule has 16 heavy (non-hydrogen) atoms. The van der Waals surface area contributed by atoms with E-state index in [9.17, 15) is 0 Å². The zero-order valence-corrected chi connectivity index (χ0v) is 11.3. The average Bonchev–Trinajstić information content (AvgIpc) is 2.73. The minimum absolute atomic E-state index is 0.655. The Hall–Kier alpha value is -0.320. The van der Waals surface area contributed by atoms with E-state index in [1.54, 1.807) is 0 Å². The molecule has 0 aliphatic carbocycles. The van der Waals surface area contributed by atoms with E-state index < -0.39 is 0 Å². The van der Waals surface area contributed by atoms with Gasteiger partial charge in [-0.05, 0) is 54.0 Å². The molecule has 0 aromatic carbocycles. The van der Waals surface area contributed by atoms with Crippen LogP contribution in [-0.2, 0) is 6.54 Å². The van der Waals surface area contributed by atoms with E-state index in [-0.39, 0.29) is 0 Å². The predicted molar refractivity (Wildman–Crippen MR) is 68.4 cm³/mol. The van der Waals surface area contributed by atoms with Gasteiger partial charge in [0, 0.05) is 12.6 Å². The van der Waals surface area contributed by atoms with Crippen LogP contribution < -0.4 is 5.32 Å². The number of furan rings is 1. The lowest BCUT2D eigenvalue weighted by Gasteiger charge is -2.33. The molecule has 1 atom stereocenters. The molecule has 1 N–H and O–H groups in total. The van der Waals surface area contributed by atoms with Crippen molar-refractivity contribution in [1.29, 1.82) is 0 Å². The van der Waals surface area contributed by atoms with Gasteiger partial charge in [0.15, 0.2) is 4.67 Å². The molecule has 1 aliphatic heterocycles. The molecular weight excluding hydrogens is 268 g/mol. The number of halogens is 1. The molecule has 0 bridgehead atoms. The van der Waals surface area contributed by atoms with Crippen LogP contribution in [0.5, 0.6) is 0 Å². The first-order chi connectivity index (χ1) is 7.79.